The molecule has 9 N–H and O–H groups in total. The predicted octanol–water partition coefficient (Wildman–Crippen LogP) is 1.38. The second-order valence-corrected chi connectivity index (χ2v) is 29.8. The third kappa shape index (κ3) is 22.3. The molecule has 9 aromatic rings. The van der Waals surface area contributed by atoms with E-state index in [9.17, 15) is 28.8 Å². The van der Waals surface area contributed by atoms with Crippen LogP contribution in [0, 0.1) is 5.92 Å². The molecule has 3 amide bonds. The summed E-state index contributed by atoms with van der Waals surface area (Å²) < 4.78 is 5.22. The molecule has 38 nitrogen and oxygen atoms in total. The first-order valence-corrected chi connectivity index (χ1v) is 36.2. The van der Waals surface area contributed by atoms with Crippen LogP contribution in [0.4, 0.5) is 17.3 Å². The molecule has 2 atom stereocenters. The average molecular weight is 1510 g/mol. The molecule has 4 aliphatic heterocycles. The Morgan fingerprint density at radius 1 is 0.642 bits per heavy atom. The van der Waals surface area contributed by atoms with Gasteiger partial charge in [0.1, 0.15) is 36.2 Å². The largest absolute Gasteiger partial charge is 0.373 e. The number of benzene rings is 4. The van der Waals surface area contributed by atoms with Gasteiger partial charge in [-0.2, -0.15) is 14.4 Å². The number of ketones is 2. The summed E-state index contributed by atoms with van der Waals surface area (Å²) in [4.78, 5) is 85.5. The van der Waals surface area contributed by atoms with Crippen LogP contribution in [-0.2, 0) is 61.3 Å². The summed E-state index contributed by atoms with van der Waals surface area (Å²) in [6.07, 6.45) is 7.59. The number of piperidine rings is 2. The molecule has 13 rings (SSSR count). The molecule has 4 aliphatic rings. The topological polar surface area (TPSA) is 445 Å². The number of hydrogen-bond acceptors (Lipinski definition) is 26. The van der Waals surface area contributed by atoms with E-state index in [1.165, 1.54) is 24.9 Å². The number of nitrogens with one attached hydrogen (secondary N) is 1. The Morgan fingerprint density at radius 2 is 1.25 bits per heavy atom. The van der Waals surface area contributed by atoms with Gasteiger partial charge >= 0.3 is 11.9 Å². The Hall–Kier alpha value is -10.7. The van der Waals surface area contributed by atoms with Gasteiger partial charge in [-0.15, -0.1) is 45.6 Å². The summed E-state index contributed by atoms with van der Waals surface area (Å²) in [5, 5.41) is 58.3. The van der Waals surface area contributed by atoms with Gasteiger partial charge in [0.25, 0.3) is 11.8 Å². The number of carbonyl (C=O) groups is 6. The monoisotopic (exact) mass is 1510 g/mol. The average Bonchev–Trinajstić information content (AvgIpc) is 1.67. The van der Waals surface area contributed by atoms with Crippen LogP contribution >= 0.6 is 0 Å². The number of Topliss-reactive ketones (excluding diaryl/α,β-unsaturated/α-hetero) is 2. The highest BCUT2D eigenvalue weighted by Gasteiger charge is 2.46. The van der Waals surface area contributed by atoms with Crippen LogP contribution in [0.2, 0.25) is 0 Å². The number of hydroxylamine groups is 2. The number of rotatable bonds is 23. The zero-order valence-corrected chi connectivity index (χ0v) is 64.2. The number of quaternary nitrogens is 5. The molecule has 0 unspecified atom stereocenters. The Bertz CT molecular complexity index is 4430. The fraction of sp³-hybridized carbons (Fsp3) is 0.493. The van der Waals surface area contributed by atoms with Gasteiger partial charge in [0.2, 0.25) is 23.3 Å². The summed E-state index contributed by atoms with van der Waals surface area (Å²) >= 11 is 0. The number of hydrazine groups is 1. The van der Waals surface area contributed by atoms with Crippen molar-refractivity contribution in [3.63, 3.8) is 0 Å². The second kappa shape index (κ2) is 36.9. The molecule has 9 heterocycles. The second-order valence-electron chi connectivity index (χ2n) is 29.8. The first-order chi connectivity index (χ1) is 51.9. The summed E-state index contributed by atoms with van der Waals surface area (Å²) in [5.41, 5.74) is 19.6. The molecule has 582 valence electrons. The van der Waals surface area contributed by atoms with E-state index in [0.29, 0.717) is 50.4 Å². The van der Waals surface area contributed by atoms with Crippen LogP contribution in [-0.4, -0.2) is 278 Å². The van der Waals surface area contributed by atoms with Crippen molar-refractivity contribution in [2.75, 3.05) is 122 Å². The number of imide groups is 1. The molecule has 109 heavy (non-hydrogen) atoms. The van der Waals surface area contributed by atoms with Gasteiger partial charge in [-0.05, 0) is 69.4 Å². The Labute approximate surface area is 632 Å². The van der Waals surface area contributed by atoms with E-state index in [-0.39, 0.29) is 67.8 Å². The minimum Gasteiger partial charge on any atom is -0.330 e. The highest BCUT2D eigenvalue weighted by Crippen LogP contribution is 2.34. The highest BCUT2D eigenvalue weighted by atomic mass is 16.7. The number of aromatic nitrogens is 19. The minimum absolute atomic E-state index is 0.00452. The first-order valence-electron chi connectivity index (χ1n) is 36.2. The number of carbonyl (C=O) groups excluding carboxylic acids is 6. The molecule has 4 fully saturated rings. The molecule has 0 saturated carbocycles. The van der Waals surface area contributed by atoms with E-state index in [1.807, 2.05) is 110 Å². The number of likely N-dealkylation sites (tertiary alicyclic amines) is 3. The van der Waals surface area contributed by atoms with Crippen LogP contribution in [0.5, 0.6) is 0 Å². The lowest BCUT2D eigenvalue weighted by atomic mass is 9.94. The maximum absolute atomic E-state index is 12.0. The number of para-hydroxylation sites is 1. The molecular formula is C71H105N30O8+5. The van der Waals surface area contributed by atoms with Crippen molar-refractivity contribution < 1.29 is 51.9 Å². The number of hydrogen-bond donors (Lipinski definition) is 5. The fourth-order valence-corrected chi connectivity index (χ4v) is 13.5. The molecule has 0 spiro atoms. The van der Waals surface area contributed by atoms with E-state index in [4.69, 9.17) is 28.0 Å². The standard InChI is InChI=1S/C17H19N6O.C16H22N5O.C15H23N6O4.C13H21N6O.C10H19N7O/c1-23(2,15-10-8-13(9-11-15)16(24)12-18)17-19-21-22(20-17)14-6-4-3-5-7-14;1-21(2)11-13(8-15(21)16(22)9-17)20-10-14(18-19-20)12-6-4-3-5-7-12;1-19-17-15(16-18-19)11-5-8-21(2,9-6-11)10-7-14(24)25-20-12(22)3-4-13(20)23;1-18-16-13(15-17-18)11-5-7-12(8-6-11)19(2,3)9-4-10-20-14;1-16-14-9(13-15-16)7-17(2)5-3-8(4-6-17)10(18)12-11/h3-11H,12,18H2,1-2H3;3-7,10,13,15H,8-9,11,17H2,1-2H3;11H,3-10H2,1-2H3;5-8H,4,9-10,14H2,1-3H3;8H,3-7H2,1-2H3,(H2-,11,12,13,14,15,18)/q4*+1;/p+1/t;13-,15+;;;/m.1.../s1. The molecule has 5 aromatic heterocycles. The molecule has 0 radical (unpaired) electrons. The van der Waals surface area contributed by atoms with Gasteiger partial charge in [0, 0.05) is 92.0 Å². The lowest BCUT2D eigenvalue weighted by Crippen LogP contribution is -2.52. The lowest BCUT2D eigenvalue weighted by Gasteiger charge is -2.39. The Balaban J connectivity index is 0.000000158. The number of nitrogens with zero attached hydrogens (tertiary/aromatic N) is 25. The molecule has 0 aliphatic carbocycles. The zero-order valence-electron chi connectivity index (χ0n) is 64.2. The maximum atomic E-state index is 12.0. The first kappa shape index (κ1) is 82.4. The SMILES string of the molecule is C[N+](C)(c1ccc(C(=O)CN)cc1)c1nnn(-c2ccccc2)n1.C[N+]1(C)C[C@H](n2cc(-c3ccccc3)nn2)C[C@H]1C(=O)CN.Cn1nnc(-c2ccc([N+](C)(C)CCCON)cc2)n1.Cn1nnc(C2CC[N+](C)(CCC(=O)ON3C(=O)CCC3=O)CC2)n1.Cn1nnc(C[N+]2(C)CCC(C(=O)NN)CC2)n1. The van der Waals surface area contributed by atoms with Crippen molar-refractivity contribution in [3.8, 4) is 28.3 Å². The predicted molar refractivity (Wildman–Crippen MR) is 401 cm³/mol. The third-order valence-corrected chi connectivity index (χ3v) is 20.4. The van der Waals surface area contributed by atoms with E-state index < -0.39 is 17.8 Å². The van der Waals surface area contributed by atoms with Crippen LogP contribution in [0.25, 0.3) is 28.3 Å². The number of aryl methyl sites for hydroxylation is 3. The van der Waals surface area contributed by atoms with Crippen molar-refractivity contribution in [1.82, 2.24) is 115 Å². The van der Waals surface area contributed by atoms with Crippen molar-refractivity contribution in [2.24, 2.45) is 50.3 Å². The Morgan fingerprint density at radius 3 is 1.83 bits per heavy atom. The van der Waals surface area contributed by atoms with Gasteiger partial charge in [0.15, 0.2) is 17.6 Å². The van der Waals surface area contributed by atoms with Crippen molar-refractivity contribution >= 4 is 52.6 Å². The number of amides is 3. The van der Waals surface area contributed by atoms with Crippen LogP contribution in [0.3, 0.4) is 0 Å². The van der Waals surface area contributed by atoms with Crippen molar-refractivity contribution in [1.29, 1.82) is 0 Å². The Kier molecular flexibility index (Phi) is 27.9. The molecule has 38 heteroatoms. The summed E-state index contributed by atoms with van der Waals surface area (Å²) in [6, 6.07) is 35.2. The summed E-state index contributed by atoms with van der Waals surface area (Å²) in [6.45, 7) is 7.51. The third-order valence-electron chi connectivity index (χ3n) is 20.4. The molecule has 0 bridgehead atoms. The van der Waals surface area contributed by atoms with Gasteiger partial charge in [0.05, 0.1) is 155 Å². The quantitative estimate of drug-likeness (QED) is 0.0115. The van der Waals surface area contributed by atoms with E-state index in [1.54, 1.807) is 33.3 Å². The van der Waals surface area contributed by atoms with Crippen LogP contribution in [0.1, 0.15) is 91.8 Å². The van der Waals surface area contributed by atoms with Gasteiger partial charge in [-0.1, -0.05) is 63.9 Å². The minimum atomic E-state index is -0.541. The maximum Gasteiger partial charge on any atom is 0.373 e. The molecule has 4 aromatic carbocycles. The zero-order chi connectivity index (χ0) is 78.7. The fourth-order valence-electron chi connectivity index (χ4n) is 13.5. The molecular weight excluding hydrogens is 1400 g/mol. The molecule has 4 saturated heterocycles. The van der Waals surface area contributed by atoms with Gasteiger partial charge in [-0.3, -0.25) is 33.9 Å². The van der Waals surface area contributed by atoms with E-state index in [0.717, 1.165) is 138 Å². The summed E-state index contributed by atoms with van der Waals surface area (Å²) in [5.74, 6) is 11.8. The number of tetrazole rings is 4. The van der Waals surface area contributed by atoms with Crippen LogP contribution < -0.4 is 37.6 Å². The lowest BCUT2D eigenvalue weighted by molar-refractivity contribution is -0.928. The highest BCUT2D eigenvalue weighted by molar-refractivity contribution is 6.01. The normalized spacial score (nSPS) is 20.3. The van der Waals surface area contributed by atoms with E-state index >= 15 is 0 Å². The van der Waals surface area contributed by atoms with Gasteiger partial charge < -0.3 is 34.6 Å². The van der Waals surface area contributed by atoms with Crippen molar-refractivity contribution in [3.05, 3.63) is 133 Å². The number of likely N-dealkylation sites (N-methyl/N-ethyl adjacent to an activating group) is 1. The van der Waals surface area contributed by atoms with E-state index in [2.05, 4.69) is 137 Å². The summed E-state index contributed by atoms with van der Waals surface area (Å²) in [7, 11) is 21.9. The van der Waals surface area contributed by atoms with Crippen LogP contribution in [0.15, 0.2) is 115 Å². The van der Waals surface area contributed by atoms with Gasteiger partial charge in [-0.25, -0.2) is 25.7 Å². The number of nitrogens with two attached hydrogens (primary N) is 4. The smallest absolute Gasteiger partial charge is 0.330 e. The van der Waals surface area contributed by atoms with Crippen molar-refractivity contribution in [2.45, 2.75) is 82.3 Å².